The van der Waals surface area contributed by atoms with Crippen LogP contribution >= 0.6 is 22.7 Å². The third kappa shape index (κ3) is 16.6. The summed E-state index contributed by atoms with van der Waals surface area (Å²) < 4.78 is 22.7. The van der Waals surface area contributed by atoms with Crippen LogP contribution in [0.25, 0.3) is 21.3 Å². The van der Waals surface area contributed by atoms with Gasteiger partial charge in [-0.25, -0.2) is 9.97 Å². The van der Waals surface area contributed by atoms with Crippen LogP contribution in [-0.4, -0.2) is 170 Å². The van der Waals surface area contributed by atoms with Crippen molar-refractivity contribution in [2.45, 2.75) is 104 Å². The van der Waals surface area contributed by atoms with Gasteiger partial charge in [-0.3, -0.25) is 24.1 Å². The number of amides is 4. The zero-order chi connectivity index (χ0) is 53.3. The van der Waals surface area contributed by atoms with Crippen LogP contribution in [0.2, 0.25) is 0 Å². The number of aromatic amines is 1. The van der Waals surface area contributed by atoms with E-state index in [1.54, 1.807) is 17.5 Å². The molecule has 0 saturated carbocycles. The Morgan fingerprint density at radius 3 is 2.25 bits per heavy atom. The van der Waals surface area contributed by atoms with Crippen molar-refractivity contribution in [1.29, 1.82) is 0 Å². The first-order valence-electron chi connectivity index (χ1n) is 26.4. The SMILES string of the molecule is CCCCC(Cc1c[nH]c2ccccc12)NC(=O)c1cnc(N2CCN(CCOCCOCCOCCOCC(=O)N[C@H](C(=O)N3C[C@H](O)C[C@H]3C(=O)N[C@@H](C)c3ccc(-c4scnc4C)cc3)C(C)(C)C)CC2)s1. The van der Waals surface area contributed by atoms with Crippen LogP contribution in [-0.2, 0) is 39.8 Å². The lowest BCUT2D eigenvalue weighted by molar-refractivity contribution is -0.144. The number of carbonyl (C=O) groups is 4. The first-order valence-corrected chi connectivity index (χ1v) is 28.1. The maximum absolute atomic E-state index is 14.0. The molecule has 7 rings (SSSR count). The summed E-state index contributed by atoms with van der Waals surface area (Å²) in [5, 5.41) is 21.9. The highest BCUT2D eigenvalue weighted by Gasteiger charge is 2.44. The van der Waals surface area contributed by atoms with Crippen molar-refractivity contribution in [1.82, 2.24) is 40.7 Å². The minimum atomic E-state index is -0.966. The van der Waals surface area contributed by atoms with Gasteiger partial charge in [-0.05, 0) is 54.9 Å². The number of aliphatic hydroxyl groups excluding tert-OH is 1. The molecular weight excluding hydrogens is 995 g/mol. The van der Waals surface area contributed by atoms with E-state index in [1.807, 2.05) is 70.5 Å². The lowest BCUT2D eigenvalue weighted by Gasteiger charge is -2.35. The maximum atomic E-state index is 14.0. The summed E-state index contributed by atoms with van der Waals surface area (Å²) in [6, 6.07) is 14.1. The molecule has 0 spiro atoms. The number of hydrogen-bond acceptors (Lipinski definition) is 15. The quantitative estimate of drug-likeness (QED) is 0.0357. The fourth-order valence-corrected chi connectivity index (χ4v) is 11.1. The first-order chi connectivity index (χ1) is 36.2. The highest BCUT2D eigenvalue weighted by Crippen LogP contribution is 2.30. The Bertz CT molecular complexity index is 2590. The second-order valence-electron chi connectivity index (χ2n) is 20.5. The van der Waals surface area contributed by atoms with Crippen LogP contribution in [0.15, 0.2) is 66.4 Å². The Morgan fingerprint density at radius 2 is 1.57 bits per heavy atom. The van der Waals surface area contributed by atoms with Crippen LogP contribution in [0.3, 0.4) is 0 Å². The Labute approximate surface area is 449 Å². The number of hydrogen-bond donors (Lipinski definition) is 5. The third-order valence-electron chi connectivity index (χ3n) is 13.7. The number of aryl methyl sites for hydroxylation is 1. The summed E-state index contributed by atoms with van der Waals surface area (Å²) in [6.07, 6.45) is 6.80. The standard InChI is InChI=1S/C55H77N9O9S2/c1-7-8-11-42(30-41-32-56-45-13-10-9-12-44(41)45)60-52(68)47-33-57-54(75-47)63-20-18-62(19-21-63)22-23-70-24-25-71-26-27-72-28-29-73-35-48(66)61-50(55(4,5)6)53(69)64-34-43(65)31-46(64)51(67)59-37(2)39-14-16-40(17-15-39)49-38(3)58-36-74-49/h9-10,12-17,32-33,36-37,42-43,46,50,56,65H,7-8,11,18-31,34-35H2,1-6H3,(H,59,67)(H,60,68)(H,61,66)/t37-,42?,43+,46-,50+/m0/s1. The smallest absolute Gasteiger partial charge is 0.263 e. The second-order valence-corrected chi connectivity index (χ2v) is 22.3. The molecule has 0 bridgehead atoms. The molecule has 5 N–H and O–H groups in total. The molecule has 0 aliphatic carbocycles. The van der Waals surface area contributed by atoms with Gasteiger partial charge in [-0.2, -0.15) is 0 Å². The van der Waals surface area contributed by atoms with Gasteiger partial charge >= 0.3 is 0 Å². The molecule has 20 heteroatoms. The number of ether oxygens (including phenoxy) is 4. The summed E-state index contributed by atoms with van der Waals surface area (Å²) in [5.74, 6) is -1.35. The van der Waals surface area contributed by atoms with Gasteiger partial charge in [0.25, 0.3) is 5.91 Å². The van der Waals surface area contributed by atoms with Gasteiger partial charge in [0, 0.05) is 68.8 Å². The molecule has 408 valence electrons. The van der Waals surface area contributed by atoms with Crippen molar-refractivity contribution in [3.05, 3.63) is 88.1 Å². The number of aromatic nitrogens is 3. The number of rotatable bonds is 28. The van der Waals surface area contributed by atoms with Crippen LogP contribution in [0.4, 0.5) is 5.13 Å². The predicted octanol–water partition coefficient (Wildman–Crippen LogP) is 6.15. The van der Waals surface area contributed by atoms with Crippen LogP contribution < -0.4 is 20.9 Å². The Balaban J connectivity index is 0.711. The average Bonchev–Trinajstić information content (AvgIpc) is 4.24. The Morgan fingerprint density at radius 1 is 0.880 bits per heavy atom. The number of nitrogens with one attached hydrogen (secondary N) is 4. The maximum Gasteiger partial charge on any atom is 0.263 e. The average molecular weight is 1070 g/mol. The van der Waals surface area contributed by atoms with Gasteiger partial charge in [-0.15, -0.1) is 11.3 Å². The van der Waals surface area contributed by atoms with E-state index in [9.17, 15) is 24.3 Å². The predicted molar refractivity (Wildman–Crippen MR) is 293 cm³/mol. The van der Waals surface area contributed by atoms with Gasteiger partial charge in [0.2, 0.25) is 17.7 Å². The topological polar surface area (TPSA) is 213 Å². The summed E-state index contributed by atoms with van der Waals surface area (Å²) in [6.45, 7) is 18.1. The minimum Gasteiger partial charge on any atom is -0.391 e. The van der Waals surface area contributed by atoms with E-state index in [0.717, 1.165) is 90.8 Å². The van der Waals surface area contributed by atoms with Crippen molar-refractivity contribution in [3.63, 3.8) is 0 Å². The van der Waals surface area contributed by atoms with Crippen LogP contribution in [0, 0.1) is 12.3 Å². The lowest BCUT2D eigenvalue weighted by atomic mass is 9.85. The number of para-hydroxylation sites is 1. The number of benzene rings is 2. The Kier molecular flexibility index (Phi) is 21.6. The molecule has 2 saturated heterocycles. The summed E-state index contributed by atoms with van der Waals surface area (Å²) in [7, 11) is 0. The number of piperazine rings is 1. The molecule has 1 unspecified atom stereocenters. The molecule has 18 nitrogen and oxygen atoms in total. The lowest BCUT2D eigenvalue weighted by Crippen LogP contribution is -2.58. The number of fused-ring (bicyclic) bond motifs is 1. The number of β-amino-alcohol motifs (C(OH)–C–C–N with tert-alkyl or cyclic N) is 1. The number of anilines is 1. The molecule has 5 heterocycles. The third-order valence-corrected chi connectivity index (χ3v) is 15.7. The molecule has 2 aliphatic rings. The minimum absolute atomic E-state index is 0.0176. The highest BCUT2D eigenvalue weighted by molar-refractivity contribution is 7.17. The molecule has 5 aromatic rings. The van der Waals surface area contributed by atoms with E-state index >= 15 is 0 Å². The molecule has 4 amide bonds. The monoisotopic (exact) mass is 1070 g/mol. The van der Waals surface area contributed by atoms with Crippen LogP contribution in [0.1, 0.15) is 92.8 Å². The van der Waals surface area contributed by atoms with Crippen LogP contribution in [0.5, 0.6) is 0 Å². The van der Waals surface area contributed by atoms with E-state index in [4.69, 9.17) is 18.9 Å². The normalized spacial score (nSPS) is 17.5. The van der Waals surface area contributed by atoms with Crippen molar-refractivity contribution in [3.8, 4) is 10.4 Å². The van der Waals surface area contributed by atoms with E-state index in [1.165, 1.54) is 27.2 Å². The van der Waals surface area contributed by atoms with Gasteiger partial charge < -0.3 is 54.8 Å². The van der Waals surface area contributed by atoms with Crippen molar-refractivity contribution >= 4 is 62.3 Å². The van der Waals surface area contributed by atoms with Gasteiger partial charge in [-0.1, -0.05) is 94.3 Å². The van der Waals surface area contributed by atoms with E-state index in [-0.39, 0.29) is 56.7 Å². The number of aliphatic hydroxyl groups is 1. The van der Waals surface area contributed by atoms with Gasteiger partial charge in [0.1, 0.15) is 23.6 Å². The summed E-state index contributed by atoms with van der Waals surface area (Å²) in [4.78, 5) is 74.2. The molecule has 2 fully saturated rings. The highest BCUT2D eigenvalue weighted by atomic mass is 32.1. The van der Waals surface area contributed by atoms with Crippen molar-refractivity contribution < 1.29 is 43.2 Å². The molecule has 2 aliphatic heterocycles. The van der Waals surface area contributed by atoms with Gasteiger partial charge in [0.05, 0.1) is 80.7 Å². The first kappa shape index (κ1) is 57.4. The zero-order valence-electron chi connectivity index (χ0n) is 44.4. The molecular formula is C55H77N9O9S2. The molecule has 75 heavy (non-hydrogen) atoms. The molecule has 3 aromatic heterocycles. The van der Waals surface area contributed by atoms with Crippen molar-refractivity contribution in [2.24, 2.45) is 5.41 Å². The molecule has 5 atom stereocenters. The summed E-state index contributed by atoms with van der Waals surface area (Å²) in [5.41, 5.74) is 6.36. The fourth-order valence-electron chi connectivity index (χ4n) is 9.41. The fraction of sp³-hybridized carbons (Fsp3) is 0.564. The van der Waals surface area contributed by atoms with E-state index < -0.39 is 35.4 Å². The summed E-state index contributed by atoms with van der Waals surface area (Å²) >= 11 is 3.03. The second kappa shape index (κ2) is 28.2. The molecule has 2 aromatic carbocycles. The number of unbranched alkanes of at least 4 members (excludes halogenated alkanes) is 1. The Hall–Kier alpha value is -5.32. The number of H-pyrrole nitrogens is 1. The number of likely N-dealkylation sites (tertiary alicyclic amines) is 1. The van der Waals surface area contributed by atoms with Gasteiger partial charge in [0.15, 0.2) is 5.13 Å². The molecule has 0 radical (unpaired) electrons. The van der Waals surface area contributed by atoms with E-state index in [0.29, 0.717) is 37.9 Å². The number of nitrogens with zero attached hydrogens (tertiary/aromatic N) is 5. The number of carbonyl (C=O) groups excluding carboxylic acids is 4. The number of thiazole rings is 2. The zero-order valence-corrected chi connectivity index (χ0v) is 46.1. The largest absolute Gasteiger partial charge is 0.391 e. The van der Waals surface area contributed by atoms with Crippen molar-refractivity contribution in [2.75, 3.05) is 97.0 Å². The van der Waals surface area contributed by atoms with E-state index in [2.05, 4.69) is 72.0 Å².